The highest BCUT2D eigenvalue weighted by Crippen LogP contribution is 2.38. The van der Waals surface area contributed by atoms with Crippen molar-refractivity contribution in [1.29, 1.82) is 0 Å². The summed E-state index contributed by atoms with van der Waals surface area (Å²) in [5.74, 6) is 1.88. The van der Waals surface area contributed by atoms with E-state index in [1.165, 1.54) is 11.3 Å². The Labute approximate surface area is 206 Å². The number of Topliss-reactive ketones (excluding diaryl/α,β-unsaturated/α-hetero) is 2. The van der Waals surface area contributed by atoms with E-state index in [1.807, 2.05) is 17.5 Å². The van der Waals surface area contributed by atoms with Gasteiger partial charge in [-0.3, -0.25) is 14.6 Å². The third kappa shape index (κ3) is 5.55. The van der Waals surface area contributed by atoms with Crippen LogP contribution in [-0.2, 0) is 22.4 Å². The van der Waals surface area contributed by atoms with Gasteiger partial charge in [0.05, 0.1) is 31.2 Å². The molecule has 0 aliphatic rings. The summed E-state index contributed by atoms with van der Waals surface area (Å²) >= 11 is 7.97. The second-order valence-corrected chi connectivity index (χ2v) is 9.03. The Morgan fingerprint density at radius 3 is 2.38 bits per heavy atom. The molecule has 0 unspecified atom stereocenters. The molecular formula is C26H22ClNO5S. The first-order valence-electron chi connectivity index (χ1n) is 10.5. The molecule has 2 heterocycles. The van der Waals surface area contributed by atoms with Crippen LogP contribution in [0.3, 0.4) is 0 Å². The number of nitrogens with zero attached hydrogens (tertiary/aromatic N) is 1. The summed E-state index contributed by atoms with van der Waals surface area (Å²) in [6.07, 6.45) is 1.96. The maximum absolute atomic E-state index is 12.4. The molecule has 0 saturated heterocycles. The predicted octanol–water partition coefficient (Wildman–Crippen LogP) is 6.07. The van der Waals surface area contributed by atoms with Gasteiger partial charge in [0, 0.05) is 35.4 Å². The first-order valence-corrected chi connectivity index (χ1v) is 11.8. The number of hydrogen-bond donors (Lipinski definition) is 0. The van der Waals surface area contributed by atoms with Crippen molar-refractivity contribution in [2.24, 2.45) is 0 Å². The van der Waals surface area contributed by atoms with Crippen LogP contribution in [0.5, 0.6) is 23.0 Å². The van der Waals surface area contributed by atoms with Crippen LogP contribution in [0.25, 0.3) is 10.9 Å². The van der Waals surface area contributed by atoms with Crippen molar-refractivity contribution in [2.45, 2.75) is 19.3 Å². The number of ether oxygens (including phenoxy) is 3. The Morgan fingerprint density at radius 1 is 0.912 bits per heavy atom. The summed E-state index contributed by atoms with van der Waals surface area (Å²) in [5, 5.41) is 3.01. The average molecular weight is 496 g/mol. The van der Waals surface area contributed by atoms with Crippen molar-refractivity contribution < 1.29 is 23.8 Å². The Bertz CT molecular complexity index is 1340. The number of carbonyl (C=O) groups is 2. The van der Waals surface area contributed by atoms with Gasteiger partial charge in [0.1, 0.15) is 23.1 Å². The SMILES string of the molecule is COc1cc2nccc(Oc3ccc(CC(=O)CC(=O)Cc4cccs4)cc3Cl)c2cc1OC. The number of aromatic nitrogens is 1. The average Bonchev–Trinajstić information content (AvgIpc) is 3.32. The maximum Gasteiger partial charge on any atom is 0.162 e. The second kappa shape index (κ2) is 10.7. The molecule has 4 rings (SSSR count). The minimum absolute atomic E-state index is 0.0878. The van der Waals surface area contributed by atoms with E-state index in [-0.39, 0.29) is 30.8 Å². The monoisotopic (exact) mass is 495 g/mol. The normalized spacial score (nSPS) is 10.8. The van der Waals surface area contributed by atoms with E-state index in [2.05, 4.69) is 4.98 Å². The van der Waals surface area contributed by atoms with Gasteiger partial charge in [-0.15, -0.1) is 11.3 Å². The molecule has 0 radical (unpaired) electrons. The molecule has 174 valence electrons. The highest BCUT2D eigenvalue weighted by Gasteiger charge is 2.15. The number of pyridine rings is 1. The quantitative estimate of drug-likeness (QED) is 0.248. The van der Waals surface area contributed by atoms with Gasteiger partial charge in [0.15, 0.2) is 11.5 Å². The lowest BCUT2D eigenvalue weighted by atomic mass is 10.0. The van der Waals surface area contributed by atoms with E-state index in [0.717, 1.165) is 15.8 Å². The smallest absolute Gasteiger partial charge is 0.162 e. The minimum atomic E-state index is -0.146. The summed E-state index contributed by atoms with van der Waals surface area (Å²) < 4.78 is 16.8. The molecule has 0 aliphatic heterocycles. The van der Waals surface area contributed by atoms with Crippen LogP contribution in [0, 0.1) is 0 Å². The van der Waals surface area contributed by atoms with Crippen molar-refractivity contribution in [3.8, 4) is 23.0 Å². The van der Waals surface area contributed by atoms with E-state index in [0.29, 0.717) is 33.5 Å². The number of ketones is 2. The predicted molar refractivity (Wildman–Crippen MR) is 133 cm³/mol. The van der Waals surface area contributed by atoms with Crippen LogP contribution in [0.1, 0.15) is 16.9 Å². The Balaban J connectivity index is 1.47. The molecule has 0 fully saturated rings. The van der Waals surface area contributed by atoms with Crippen molar-refractivity contribution in [2.75, 3.05) is 14.2 Å². The number of halogens is 1. The number of hydrogen-bond acceptors (Lipinski definition) is 7. The summed E-state index contributed by atoms with van der Waals surface area (Å²) in [5.41, 5.74) is 1.40. The lowest BCUT2D eigenvalue weighted by Gasteiger charge is -2.13. The fraction of sp³-hybridized carbons (Fsp3) is 0.192. The van der Waals surface area contributed by atoms with E-state index < -0.39 is 0 Å². The van der Waals surface area contributed by atoms with Gasteiger partial charge in [-0.05, 0) is 41.3 Å². The molecule has 0 atom stereocenters. The third-order valence-electron chi connectivity index (χ3n) is 5.17. The number of methoxy groups -OCH3 is 2. The Kier molecular flexibility index (Phi) is 7.45. The first-order chi connectivity index (χ1) is 16.5. The molecule has 0 aliphatic carbocycles. The number of rotatable bonds is 10. The molecule has 0 bridgehead atoms. The van der Waals surface area contributed by atoms with Gasteiger partial charge in [0.25, 0.3) is 0 Å². The molecule has 2 aromatic heterocycles. The lowest BCUT2D eigenvalue weighted by Crippen LogP contribution is -2.12. The van der Waals surface area contributed by atoms with Crippen LogP contribution in [0.2, 0.25) is 5.02 Å². The number of carbonyl (C=O) groups excluding carboxylic acids is 2. The highest BCUT2D eigenvalue weighted by atomic mass is 35.5. The zero-order chi connectivity index (χ0) is 24.1. The van der Waals surface area contributed by atoms with Gasteiger partial charge in [-0.2, -0.15) is 0 Å². The first kappa shape index (κ1) is 23.7. The van der Waals surface area contributed by atoms with Gasteiger partial charge >= 0.3 is 0 Å². The highest BCUT2D eigenvalue weighted by molar-refractivity contribution is 7.10. The molecular weight excluding hydrogens is 474 g/mol. The molecule has 0 N–H and O–H groups in total. The van der Waals surface area contributed by atoms with E-state index in [4.69, 9.17) is 25.8 Å². The number of benzene rings is 2. The standard InChI is InChI=1S/C26H22ClNO5S/c1-31-25-14-20-22(15-26(25)32-2)28-8-7-23(20)33-24-6-5-16(11-21(24)27)10-17(29)12-18(30)13-19-4-3-9-34-19/h3-9,11,14-15H,10,12-13H2,1-2H3. The fourth-order valence-electron chi connectivity index (χ4n) is 3.57. The fourth-order valence-corrected chi connectivity index (χ4v) is 4.55. The molecule has 8 heteroatoms. The van der Waals surface area contributed by atoms with E-state index in [9.17, 15) is 9.59 Å². The topological polar surface area (TPSA) is 74.7 Å². The van der Waals surface area contributed by atoms with Crippen LogP contribution < -0.4 is 14.2 Å². The van der Waals surface area contributed by atoms with Gasteiger partial charge < -0.3 is 14.2 Å². The minimum Gasteiger partial charge on any atom is -0.493 e. The van der Waals surface area contributed by atoms with Crippen molar-refractivity contribution in [3.05, 3.63) is 75.6 Å². The summed E-state index contributed by atoms with van der Waals surface area (Å²) in [4.78, 5) is 29.9. The van der Waals surface area contributed by atoms with Crippen LogP contribution in [0.4, 0.5) is 0 Å². The molecule has 0 amide bonds. The summed E-state index contributed by atoms with van der Waals surface area (Å²) in [6.45, 7) is 0. The molecule has 4 aromatic rings. The Morgan fingerprint density at radius 2 is 1.68 bits per heavy atom. The van der Waals surface area contributed by atoms with E-state index >= 15 is 0 Å². The van der Waals surface area contributed by atoms with Gasteiger partial charge in [-0.1, -0.05) is 23.7 Å². The van der Waals surface area contributed by atoms with Crippen LogP contribution >= 0.6 is 22.9 Å². The van der Waals surface area contributed by atoms with Crippen LogP contribution in [0.15, 0.2) is 60.1 Å². The largest absolute Gasteiger partial charge is 0.493 e. The second-order valence-electron chi connectivity index (χ2n) is 7.59. The number of fused-ring (bicyclic) bond motifs is 1. The summed E-state index contributed by atoms with van der Waals surface area (Å²) in [7, 11) is 3.13. The third-order valence-corrected chi connectivity index (χ3v) is 6.34. The van der Waals surface area contributed by atoms with Crippen molar-refractivity contribution in [3.63, 3.8) is 0 Å². The van der Waals surface area contributed by atoms with Crippen molar-refractivity contribution in [1.82, 2.24) is 4.98 Å². The lowest BCUT2D eigenvalue weighted by molar-refractivity contribution is -0.126. The molecule has 34 heavy (non-hydrogen) atoms. The maximum atomic E-state index is 12.4. The molecule has 0 saturated carbocycles. The Hall–Kier alpha value is -3.42. The molecule has 0 spiro atoms. The van der Waals surface area contributed by atoms with Gasteiger partial charge in [0.2, 0.25) is 0 Å². The van der Waals surface area contributed by atoms with E-state index in [1.54, 1.807) is 56.8 Å². The van der Waals surface area contributed by atoms with Crippen LogP contribution in [-0.4, -0.2) is 30.8 Å². The van der Waals surface area contributed by atoms with Gasteiger partial charge in [-0.25, -0.2) is 0 Å². The molecule has 2 aromatic carbocycles. The summed E-state index contributed by atoms with van der Waals surface area (Å²) in [6, 6.07) is 14.3. The number of thiophene rings is 1. The zero-order valence-corrected chi connectivity index (χ0v) is 20.2. The zero-order valence-electron chi connectivity index (χ0n) is 18.7. The molecule has 6 nitrogen and oxygen atoms in total. The van der Waals surface area contributed by atoms with Crippen molar-refractivity contribution >= 4 is 45.4 Å².